The van der Waals surface area contributed by atoms with Gasteiger partial charge in [0.15, 0.2) is 11.5 Å². The minimum Gasteiger partial charge on any atom is -0.454 e. The molecule has 6 heteroatoms. The Hall–Kier alpha value is -2.50. The Kier molecular flexibility index (Phi) is 3.88. The van der Waals surface area contributed by atoms with Crippen LogP contribution in [0.4, 0.5) is 0 Å². The van der Waals surface area contributed by atoms with Gasteiger partial charge in [0, 0.05) is 31.9 Å². The van der Waals surface area contributed by atoms with E-state index in [1.807, 2.05) is 35.5 Å². The van der Waals surface area contributed by atoms with Gasteiger partial charge in [-0.1, -0.05) is 13.0 Å². The molecule has 0 aliphatic carbocycles. The summed E-state index contributed by atoms with van der Waals surface area (Å²) in [6.45, 7) is 3.76. The summed E-state index contributed by atoms with van der Waals surface area (Å²) in [7, 11) is 0. The summed E-state index contributed by atoms with van der Waals surface area (Å²) in [4.78, 5) is 19.3. The molecule has 1 amide bonds. The first-order chi connectivity index (χ1) is 11.8. The van der Waals surface area contributed by atoms with E-state index in [-0.39, 0.29) is 18.7 Å². The second-order valence-corrected chi connectivity index (χ2v) is 6.19. The second kappa shape index (κ2) is 6.19. The van der Waals surface area contributed by atoms with Crippen LogP contribution < -0.4 is 9.47 Å². The SMILES string of the molecule is CCc1nccn1C1CCCN(C(=O)c2cccc3c2OCO3)C1. The maximum atomic E-state index is 13.0. The van der Waals surface area contributed by atoms with Crippen LogP contribution in [0, 0.1) is 0 Å². The van der Waals surface area contributed by atoms with Crippen molar-refractivity contribution in [3.05, 3.63) is 42.0 Å². The molecule has 1 unspecified atom stereocenters. The number of ether oxygens (including phenoxy) is 2. The molecule has 2 aromatic rings. The number of hydrogen-bond acceptors (Lipinski definition) is 4. The molecule has 126 valence electrons. The first-order valence-corrected chi connectivity index (χ1v) is 8.47. The van der Waals surface area contributed by atoms with Crippen LogP contribution in [0.25, 0.3) is 0 Å². The molecular formula is C18H21N3O3. The highest BCUT2D eigenvalue weighted by atomic mass is 16.7. The predicted molar refractivity (Wildman–Crippen MR) is 88.3 cm³/mol. The fourth-order valence-corrected chi connectivity index (χ4v) is 3.59. The van der Waals surface area contributed by atoms with Gasteiger partial charge in [0.25, 0.3) is 5.91 Å². The standard InChI is InChI=1S/C18H21N3O3/c1-2-16-19-8-10-21(16)13-5-4-9-20(11-13)18(22)14-6-3-7-15-17(14)24-12-23-15/h3,6-8,10,13H,2,4-5,9,11-12H2,1H3. The topological polar surface area (TPSA) is 56.6 Å². The molecule has 1 fully saturated rings. The zero-order valence-electron chi connectivity index (χ0n) is 13.8. The number of carbonyl (C=O) groups excluding carboxylic acids is 1. The highest BCUT2D eigenvalue weighted by Gasteiger charge is 2.30. The van der Waals surface area contributed by atoms with E-state index in [0.717, 1.165) is 31.6 Å². The quantitative estimate of drug-likeness (QED) is 0.870. The van der Waals surface area contributed by atoms with Crippen molar-refractivity contribution in [2.45, 2.75) is 32.2 Å². The number of likely N-dealkylation sites (tertiary alicyclic amines) is 1. The zero-order valence-corrected chi connectivity index (χ0v) is 13.8. The normalized spacial score (nSPS) is 19.5. The van der Waals surface area contributed by atoms with Crippen LogP contribution in [-0.4, -0.2) is 40.2 Å². The lowest BCUT2D eigenvalue weighted by molar-refractivity contribution is 0.0673. The van der Waals surface area contributed by atoms with Gasteiger partial charge in [0.05, 0.1) is 11.6 Å². The summed E-state index contributed by atoms with van der Waals surface area (Å²) in [6, 6.07) is 5.77. The average molecular weight is 327 g/mol. The maximum absolute atomic E-state index is 13.0. The molecule has 3 heterocycles. The van der Waals surface area contributed by atoms with Crippen molar-refractivity contribution < 1.29 is 14.3 Å². The van der Waals surface area contributed by atoms with Crippen molar-refractivity contribution >= 4 is 5.91 Å². The van der Waals surface area contributed by atoms with E-state index >= 15 is 0 Å². The Balaban J connectivity index is 1.56. The Labute approximate surface area is 141 Å². The molecule has 0 radical (unpaired) electrons. The van der Waals surface area contributed by atoms with Gasteiger partial charge in [0.2, 0.25) is 6.79 Å². The second-order valence-electron chi connectivity index (χ2n) is 6.19. The highest BCUT2D eigenvalue weighted by molar-refractivity contribution is 5.98. The molecule has 6 nitrogen and oxygen atoms in total. The minimum absolute atomic E-state index is 0.0141. The Morgan fingerprint density at radius 1 is 1.38 bits per heavy atom. The molecule has 24 heavy (non-hydrogen) atoms. The van der Waals surface area contributed by atoms with E-state index in [4.69, 9.17) is 9.47 Å². The summed E-state index contributed by atoms with van der Waals surface area (Å²) in [5.74, 6) is 2.31. The fraction of sp³-hybridized carbons (Fsp3) is 0.444. The maximum Gasteiger partial charge on any atom is 0.257 e. The van der Waals surface area contributed by atoms with Crippen LogP contribution >= 0.6 is 0 Å². The van der Waals surface area contributed by atoms with Gasteiger partial charge in [-0.15, -0.1) is 0 Å². The van der Waals surface area contributed by atoms with E-state index in [0.29, 0.717) is 23.6 Å². The van der Waals surface area contributed by atoms with Crippen molar-refractivity contribution in [1.29, 1.82) is 0 Å². The van der Waals surface area contributed by atoms with Crippen LogP contribution in [0.15, 0.2) is 30.6 Å². The zero-order chi connectivity index (χ0) is 16.5. The van der Waals surface area contributed by atoms with Crippen molar-refractivity contribution in [3.63, 3.8) is 0 Å². The van der Waals surface area contributed by atoms with Crippen LogP contribution in [0.2, 0.25) is 0 Å². The van der Waals surface area contributed by atoms with Crippen molar-refractivity contribution in [2.75, 3.05) is 19.9 Å². The largest absolute Gasteiger partial charge is 0.454 e. The molecule has 1 aromatic heterocycles. The number of benzene rings is 1. The smallest absolute Gasteiger partial charge is 0.257 e. The number of aromatic nitrogens is 2. The van der Waals surface area contributed by atoms with Gasteiger partial charge in [-0.3, -0.25) is 4.79 Å². The number of piperidine rings is 1. The summed E-state index contributed by atoms with van der Waals surface area (Å²) < 4.78 is 13.1. The molecule has 2 aliphatic rings. The third-order valence-electron chi connectivity index (χ3n) is 4.77. The molecule has 4 rings (SSSR count). The third-order valence-corrected chi connectivity index (χ3v) is 4.77. The lowest BCUT2D eigenvalue weighted by Gasteiger charge is -2.34. The van der Waals surface area contributed by atoms with E-state index in [1.54, 1.807) is 0 Å². The molecule has 0 N–H and O–H groups in total. The molecule has 0 spiro atoms. The van der Waals surface area contributed by atoms with Gasteiger partial charge in [-0.2, -0.15) is 0 Å². The van der Waals surface area contributed by atoms with E-state index < -0.39 is 0 Å². The van der Waals surface area contributed by atoms with Gasteiger partial charge in [-0.25, -0.2) is 4.98 Å². The number of rotatable bonds is 3. The number of para-hydroxylation sites is 1. The highest BCUT2D eigenvalue weighted by Crippen LogP contribution is 2.36. The fourth-order valence-electron chi connectivity index (χ4n) is 3.59. The predicted octanol–water partition coefficient (Wildman–Crippen LogP) is 2.65. The Morgan fingerprint density at radius 2 is 2.29 bits per heavy atom. The summed E-state index contributed by atoms with van der Waals surface area (Å²) in [6.07, 6.45) is 6.82. The number of fused-ring (bicyclic) bond motifs is 1. The number of amides is 1. The van der Waals surface area contributed by atoms with Crippen LogP contribution in [0.3, 0.4) is 0 Å². The number of nitrogens with zero attached hydrogens (tertiary/aromatic N) is 3. The van der Waals surface area contributed by atoms with Crippen molar-refractivity contribution in [2.24, 2.45) is 0 Å². The van der Waals surface area contributed by atoms with Gasteiger partial charge in [-0.05, 0) is 25.0 Å². The summed E-state index contributed by atoms with van der Waals surface area (Å²) in [5.41, 5.74) is 0.590. The van der Waals surface area contributed by atoms with Crippen LogP contribution in [0.1, 0.15) is 42.0 Å². The molecule has 1 atom stereocenters. The molecule has 1 saturated heterocycles. The Morgan fingerprint density at radius 3 is 3.17 bits per heavy atom. The van der Waals surface area contributed by atoms with Crippen molar-refractivity contribution in [3.8, 4) is 11.5 Å². The van der Waals surface area contributed by atoms with E-state index in [9.17, 15) is 4.79 Å². The average Bonchev–Trinajstić information content (AvgIpc) is 3.29. The van der Waals surface area contributed by atoms with Crippen LogP contribution in [-0.2, 0) is 6.42 Å². The number of hydrogen-bond donors (Lipinski definition) is 0. The monoisotopic (exact) mass is 327 g/mol. The number of carbonyl (C=O) groups is 1. The van der Waals surface area contributed by atoms with Gasteiger partial charge < -0.3 is 18.9 Å². The van der Waals surface area contributed by atoms with Crippen molar-refractivity contribution in [1.82, 2.24) is 14.5 Å². The number of imidazole rings is 1. The molecule has 1 aromatic carbocycles. The minimum atomic E-state index is 0.0141. The first-order valence-electron chi connectivity index (χ1n) is 8.47. The number of aryl methyl sites for hydroxylation is 1. The lowest BCUT2D eigenvalue weighted by Crippen LogP contribution is -2.41. The molecule has 0 saturated carbocycles. The summed E-state index contributed by atoms with van der Waals surface area (Å²) >= 11 is 0. The first kappa shape index (κ1) is 15.1. The lowest BCUT2D eigenvalue weighted by atomic mass is 10.0. The van der Waals surface area contributed by atoms with Gasteiger partial charge in [0.1, 0.15) is 5.82 Å². The molecular weight excluding hydrogens is 306 g/mol. The summed E-state index contributed by atoms with van der Waals surface area (Å²) in [5, 5.41) is 0. The molecule has 0 bridgehead atoms. The van der Waals surface area contributed by atoms with E-state index in [1.165, 1.54) is 0 Å². The van der Waals surface area contributed by atoms with Crippen LogP contribution in [0.5, 0.6) is 11.5 Å². The van der Waals surface area contributed by atoms with Gasteiger partial charge >= 0.3 is 0 Å². The molecule has 2 aliphatic heterocycles. The Bertz CT molecular complexity index is 756. The third kappa shape index (κ3) is 2.52. The van der Waals surface area contributed by atoms with E-state index in [2.05, 4.69) is 16.5 Å².